The lowest BCUT2D eigenvalue weighted by Gasteiger charge is -2.07. The number of benzene rings is 1. The number of carbonyl (C=O) groups is 1. The first-order valence-electron chi connectivity index (χ1n) is 4.26. The van der Waals surface area contributed by atoms with Crippen LogP contribution in [0.4, 0.5) is 0 Å². The molecule has 0 N–H and O–H groups in total. The van der Waals surface area contributed by atoms with Gasteiger partial charge in [0.05, 0.1) is 5.25 Å². The first-order chi connectivity index (χ1) is 6.75. The molecule has 0 fully saturated rings. The second-order valence-electron chi connectivity index (χ2n) is 3.01. The average Bonchev–Trinajstić information content (AvgIpc) is 2.47. The second-order valence-corrected chi connectivity index (χ2v) is 4.17. The van der Waals surface area contributed by atoms with Crippen LogP contribution in [0.1, 0.15) is 5.56 Å². The average molecular weight is 206 g/mol. The molecule has 1 aromatic carbocycles. The van der Waals surface area contributed by atoms with E-state index in [-0.39, 0.29) is 16.4 Å². The SMILES string of the molecule is O=C1N=C([O-])SC1Cc1ccccc1. The zero-order valence-electron chi connectivity index (χ0n) is 7.34. The molecule has 1 atom stereocenters. The molecule has 0 aliphatic carbocycles. The summed E-state index contributed by atoms with van der Waals surface area (Å²) in [5.41, 5.74) is 1.06. The molecule has 2 rings (SSSR count). The summed E-state index contributed by atoms with van der Waals surface area (Å²) < 4.78 is 0. The summed E-state index contributed by atoms with van der Waals surface area (Å²) in [7, 11) is 0. The van der Waals surface area contributed by atoms with E-state index in [0.717, 1.165) is 17.3 Å². The van der Waals surface area contributed by atoms with Crippen molar-refractivity contribution in [2.75, 3.05) is 0 Å². The second kappa shape index (κ2) is 3.84. The van der Waals surface area contributed by atoms with Gasteiger partial charge in [0.15, 0.2) is 0 Å². The molecule has 0 saturated carbocycles. The molecular formula is C10H8NO2S-. The van der Waals surface area contributed by atoms with Crippen molar-refractivity contribution in [3.8, 4) is 0 Å². The lowest BCUT2D eigenvalue weighted by atomic mass is 10.1. The van der Waals surface area contributed by atoms with Gasteiger partial charge in [0.2, 0.25) is 0 Å². The smallest absolute Gasteiger partial charge is 0.259 e. The Morgan fingerprint density at radius 1 is 1.36 bits per heavy atom. The van der Waals surface area contributed by atoms with Crippen LogP contribution in [0.2, 0.25) is 0 Å². The van der Waals surface area contributed by atoms with Crippen LogP contribution < -0.4 is 5.11 Å². The molecule has 1 unspecified atom stereocenters. The molecule has 0 bridgehead atoms. The predicted octanol–water partition coefficient (Wildman–Crippen LogP) is 0.587. The number of aliphatic imine (C=N–C) groups is 1. The van der Waals surface area contributed by atoms with Crippen molar-refractivity contribution < 1.29 is 9.90 Å². The van der Waals surface area contributed by atoms with E-state index in [1.54, 1.807) is 0 Å². The third kappa shape index (κ3) is 1.96. The number of amides is 1. The van der Waals surface area contributed by atoms with E-state index < -0.39 is 0 Å². The number of carbonyl (C=O) groups excluding carboxylic acids is 1. The van der Waals surface area contributed by atoms with Crippen molar-refractivity contribution in [3.05, 3.63) is 35.9 Å². The van der Waals surface area contributed by atoms with Gasteiger partial charge in [-0.15, -0.1) is 11.8 Å². The molecule has 14 heavy (non-hydrogen) atoms. The van der Waals surface area contributed by atoms with Crippen molar-refractivity contribution in [1.29, 1.82) is 0 Å². The lowest BCUT2D eigenvalue weighted by Crippen LogP contribution is -2.15. The summed E-state index contributed by atoms with van der Waals surface area (Å²) in [6.45, 7) is 0. The minimum Gasteiger partial charge on any atom is -0.854 e. The van der Waals surface area contributed by atoms with E-state index in [4.69, 9.17) is 0 Å². The molecule has 1 aliphatic rings. The first kappa shape index (κ1) is 9.27. The summed E-state index contributed by atoms with van der Waals surface area (Å²) in [6, 6.07) is 9.63. The van der Waals surface area contributed by atoms with Crippen LogP contribution in [0.25, 0.3) is 0 Å². The van der Waals surface area contributed by atoms with Crippen LogP contribution in [0.15, 0.2) is 35.3 Å². The number of hydrogen-bond acceptors (Lipinski definition) is 3. The molecule has 1 aromatic rings. The van der Waals surface area contributed by atoms with E-state index in [9.17, 15) is 9.90 Å². The number of thioether (sulfide) groups is 1. The molecule has 0 aromatic heterocycles. The van der Waals surface area contributed by atoms with Gasteiger partial charge in [0, 0.05) is 5.23 Å². The largest absolute Gasteiger partial charge is 0.854 e. The summed E-state index contributed by atoms with van der Waals surface area (Å²) >= 11 is 1.01. The van der Waals surface area contributed by atoms with Gasteiger partial charge in [0.1, 0.15) is 0 Å². The van der Waals surface area contributed by atoms with Crippen molar-refractivity contribution in [1.82, 2.24) is 0 Å². The van der Waals surface area contributed by atoms with Gasteiger partial charge in [-0.05, 0) is 12.0 Å². The topological polar surface area (TPSA) is 52.5 Å². The molecule has 1 heterocycles. The standard InChI is InChI=1S/C10H9NO2S/c12-9-8(14-10(13)11-9)6-7-4-2-1-3-5-7/h1-5,8H,6H2,(H,11,12,13)/p-1. The number of hydrogen-bond donors (Lipinski definition) is 0. The minimum absolute atomic E-state index is 0.302. The molecule has 1 amide bonds. The Morgan fingerprint density at radius 2 is 2.07 bits per heavy atom. The van der Waals surface area contributed by atoms with Crippen LogP contribution in [0.3, 0.4) is 0 Å². The Kier molecular flexibility index (Phi) is 2.54. The maximum absolute atomic E-state index is 11.2. The van der Waals surface area contributed by atoms with Crippen LogP contribution in [0.5, 0.6) is 0 Å². The van der Waals surface area contributed by atoms with Gasteiger partial charge in [0.25, 0.3) is 5.91 Å². The van der Waals surface area contributed by atoms with Crippen LogP contribution in [-0.4, -0.2) is 16.4 Å². The zero-order chi connectivity index (χ0) is 9.97. The molecule has 3 nitrogen and oxygen atoms in total. The fourth-order valence-electron chi connectivity index (χ4n) is 1.32. The molecule has 1 aliphatic heterocycles. The van der Waals surface area contributed by atoms with Crippen molar-refractivity contribution >= 4 is 22.9 Å². The molecule has 0 saturated heterocycles. The van der Waals surface area contributed by atoms with Crippen LogP contribution in [0, 0.1) is 0 Å². The van der Waals surface area contributed by atoms with Gasteiger partial charge in [-0.1, -0.05) is 30.3 Å². The van der Waals surface area contributed by atoms with Gasteiger partial charge in [-0.2, -0.15) is 0 Å². The highest BCUT2D eigenvalue weighted by atomic mass is 32.2. The monoisotopic (exact) mass is 206 g/mol. The third-order valence-electron chi connectivity index (χ3n) is 1.98. The van der Waals surface area contributed by atoms with Crippen molar-refractivity contribution in [2.24, 2.45) is 4.99 Å². The highest BCUT2D eigenvalue weighted by molar-refractivity contribution is 8.14. The maximum atomic E-state index is 11.2. The zero-order valence-corrected chi connectivity index (χ0v) is 8.16. The summed E-state index contributed by atoms with van der Waals surface area (Å²) in [5, 5.41) is 10.1. The Morgan fingerprint density at radius 3 is 2.64 bits per heavy atom. The highest BCUT2D eigenvalue weighted by Gasteiger charge is 2.23. The number of rotatable bonds is 2. The maximum Gasteiger partial charge on any atom is 0.259 e. The Labute approximate surface area is 85.9 Å². The fourth-order valence-corrected chi connectivity index (χ4v) is 2.13. The van der Waals surface area contributed by atoms with E-state index in [1.165, 1.54) is 0 Å². The highest BCUT2D eigenvalue weighted by Crippen LogP contribution is 2.23. The Bertz CT molecular complexity index is 375. The summed E-state index contributed by atoms with van der Waals surface area (Å²) in [5.74, 6) is -0.302. The first-order valence-corrected chi connectivity index (χ1v) is 5.14. The molecule has 4 heteroatoms. The summed E-state index contributed by atoms with van der Waals surface area (Å²) in [6.07, 6.45) is 0.583. The van der Waals surface area contributed by atoms with Crippen molar-refractivity contribution in [3.63, 3.8) is 0 Å². The predicted molar refractivity (Wildman–Crippen MR) is 54.0 cm³/mol. The van der Waals surface area contributed by atoms with Crippen LogP contribution in [-0.2, 0) is 11.2 Å². The lowest BCUT2D eigenvalue weighted by molar-refractivity contribution is -0.205. The normalized spacial score (nSPS) is 21.0. The van der Waals surface area contributed by atoms with Crippen LogP contribution >= 0.6 is 11.8 Å². The van der Waals surface area contributed by atoms with E-state index in [2.05, 4.69) is 4.99 Å². The van der Waals surface area contributed by atoms with Gasteiger partial charge < -0.3 is 5.11 Å². The van der Waals surface area contributed by atoms with E-state index >= 15 is 0 Å². The van der Waals surface area contributed by atoms with E-state index in [0.29, 0.717) is 6.42 Å². The van der Waals surface area contributed by atoms with Gasteiger partial charge in [-0.3, -0.25) is 4.79 Å². The molecule has 72 valence electrons. The van der Waals surface area contributed by atoms with Gasteiger partial charge >= 0.3 is 0 Å². The third-order valence-corrected chi connectivity index (χ3v) is 2.93. The van der Waals surface area contributed by atoms with E-state index in [1.807, 2.05) is 30.3 Å². The molecule has 0 radical (unpaired) electrons. The quantitative estimate of drug-likeness (QED) is 0.711. The van der Waals surface area contributed by atoms with Crippen molar-refractivity contribution in [2.45, 2.75) is 11.7 Å². The Hall–Kier alpha value is -1.29. The molecule has 0 spiro atoms. The summed E-state index contributed by atoms with van der Waals surface area (Å²) in [4.78, 5) is 14.5. The molecular weight excluding hydrogens is 198 g/mol. The van der Waals surface area contributed by atoms with Gasteiger partial charge in [-0.25, -0.2) is 4.99 Å². The minimum atomic E-state index is -0.365. The number of nitrogens with zero attached hydrogens (tertiary/aromatic N) is 1. The fraction of sp³-hybridized carbons (Fsp3) is 0.200. The Balaban J connectivity index is 2.04.